The van der Waals surface area contributed by atoms with Gasteiger partial charge in [0.15, 0.2) is 0 Å². The summed E-state index contributed by atoms with van der Waals surface area (Å²) in [6, 6.07) is 5.11. The van der Waals surface area contributed by atoms with Crippen LogP contribution < -0.4 is 5.32 Å². The maximum atomic E-state index is 12.6. The van der Waals surface area contributed by atoms with Crippen molar-refractivity contribution in [3.05, 3.63) is 30.1 Å². The second-order valence-electron chi connectivity index (χ2n) is 5.45. The molecular formula is C16H17I2N2O3PS. The number of nitrogens with one attached hydrogen (secondary N) is 1. The van der Waals surface area contributed by atoms with Crippen LogP contribution in [0.1, 0.15) is 36.7 Å². The second kappa shape index (κ2) is 10.3. The van der Waals surface area contributed by atoms with Crippen molar-refractivity contribution < 1.29 is 14.3 Å². The molecule has 1 aliphatic rings. The van der Waals surface area contributed by atoms with Gasteiger partial charge in [-0.2, -0.15) is 0 Å². The zero-order valence-electron chi connectivity index (χ0n) is 13.5. The summed E-state index contributed by atoms with van der Waals surface area (Å²) in [5, 5.41) is 6.00. The summed E-state index contributed by atoms with van der Waals surface area (Å²) < 4.78 is 5.04. The van der Waals surface area contributed by atoms with Crippen LogP contribution >= 0.6 is 57.9 Å². The highest BCUT2D eigenvalue weighted by Crippen LogP contribution is 2.64. The number of halogens is 2. The average Bonchev–Trinajstić information content (AvgIpc) is 3.00. The van der Waals surface area contributed by atoms with Gasteiger partial charge in [-0.05, 0) is 99.0 Å². The van der Waals surface area contributed by atoms with Gasteiger partial charge in [-0.3, -0.25) is 9.78 Å². The Morgan fingerprint density at radius 1 is 1.52 bits per heavy atom. The number of nitrogens with zero attached hydrogens (tertiary/aromatic N) is 1. The van der Waals surface area contributed by atoms with Gasteiger partial charge in [0, 0.05) is 12.1 Å². The summed E-state index contributed by atoms with van der Waals surface area (Å²) in [5.41, 5.74) is -0.731. The molecule has 1 aromatic rings. The molecule has 2 unspecified atom stereocenters. The Hall–Kier alpha value is -0.110. The van der Waals surface area contributed by atoms with Crippen LogP contribution in [-0.4, -0.2) is 29.0 Å². The molecular weight excluding hydrogens is 585 g/mol. The molecule has 1 N–H and O–H groups in total. The fourth-order valence-electron chi connectivity index (χ4n) is 2.71. The number of carbonyl (C=O) groups excluding carboxylic acids is 2. The number of hydrogen-bond acceptors (Lipinski definition) is 5. The van der Waals surface area contributed by atoms with E-state index in [0.29, 0.717) is 12.8 Å². The highest BCUT2D eigenvalue weighted by molar-refractivity contribution is 14.3. The van der Waals surface area contributed by atoms with E-state index in [4.69, 9.17) is 4.74 Å². The molecule has 0 aromatic carbocycles. The first-order valence-corrected chi connectivity index (χ1v) is 16.0. The summed E-state index contributed by atoms with van der Waals surface area (Å²) in [6.07, 6.45) is 3.31. The Labute approximate surface area is 178 Å². The summed E-state index contributed by atoms with van der Waals surface area (Å²) in [5.74, 6) is 2.55. The van der Waals surface area contributed by atoms with Gasteiger partial charge in [0.1, 0.15) is 11.2 Å². The van der Waals surface area contributed by atoms with Gasteiger partial charge in [-0.1, -0.05) is 12.0 Å². The third-order valence-corrected chi connectivity index (χ3v) is 8.39. The van der Waals surface area contributed by atoms with Crippen LogP contribution in [0.5, 0.6) is 0 Å². The maximum Gasteiger partial charge on any atom is 0.331 e. The molecule has 1 heterocycles. The molecule has 0 radical (unpaired) electrons. The molecule has 2 rings (SSSR count). The summed E-state index contributed by atoms with van der Waals surface area (Å²) >= 11 is 6.32. The molecule has 1 amide bonds. The summed E-state index contributed by atoms with van der Waals surface area (Å²) in [4.78, 5) is 29.1. The lowest BCUT2D eigenvalue weighted by Crippen LogP contribution is -2.53. The number of ether oxygens (including phenoxy) is 1. The first kappa shape index (κ1) is 21.2. The van der Waals surface area contributed by atoms with Gasteiger partial charge in [0.25, 0.3) is 5.91 Å². The van der Waals surface area contributed by atoms with Gasteiger partial charge >= 0.3 is 5.97 Å². The molecule has 0 spiro atoms. The molecule has 0 aliphatic heterocycles. The molecule has 0 bridgehead atoms. The number of rotatable bonds is 5. The Kier molecular flexibility index (Phi) is 8.72. The Bertz CT molecular complexity index is 681. The predicted octanol–water partition coefficient (Wildman–Crippen LogP) is 4.70. The smallest absolute Gasteiger partial charge is 0.331 e. The van der Waals surface area contributed by atoms with Crippen LogP contribution in [0.15, 0.2) is 24.4 Å². The number of esters is 1. The predicted molar refractivity (Wildman–Crippen MR) is 119 cm³/mol. The van der Waals surface area contributed by atoms with E-state index in [1.54, 1.807) is 42.7 Å². The van der Waals surface area contributed by atoms with E-state index in [2.05, 4.69) is 65.6 Å². The molecule has 1 aromatic heterocycles. The van der Waals surface area contributed by atoms with E-state index >= 15 is 0 Å². The van der Waals surface area contributed by atoms with E-state index in [1.807, 2.05) is 0 Å². The molecule has 9 heteroatoms. The van der Waals surface area contributed by atoms with Crippen LogP contribution in [0.4, 0.5) is 0 Å². The largest absolute Gasteiger partial charge is 0.464 e. The quantitative estimate of drug-likeness (QED) is 0.229. The lowest BCUT2D eigenvalue weighted by molar-refractivity contribution is -0.150. The fraction of sp³-hybridized carbons (Fsp3) is 0.438. The molecule has 0 saturated heterocycles. The second-order valence-corrected chi connectivity index (χ2v) is 23.1. The van der Waals surface area contributed by atoms with Gasteiger partial charge in [0.05, 0.1) is 9.02 Å². The number of amides is 1. The lowest BCUT2D eigenvalue weighted by atomic mass is 9.95. The first-order chi connectivity index (χ1) is 12.0. The number of carbonyl (C=O) groups is 2. The highest BCUT2D eigenvalue weighted by Gasteiger charge is 2.47. The number of pyridine rings is 1. The van der Waals surface area contributed by atoms with Gasteiger partial charge in [-0.25, -0.2) is 4.79 Å². The lowest BCUT2D eigenvalue weighted by Gasteiger charge is -2.27. The van der Waals surface area contributed by atoms with Crippen LogP contribution in [0, 0.1) is 17.1 Å². The zero-order valence-corrected chi connectivity index (χ0v) is 19.5. The maximum absolute atomic E-state index is 12.6. The third kappa shape index (κ3) is 6.22. The van der Waals surface area contributed by atoms with Crippen LogP contribution in [0.25, 0.3) is 0 Å². The van der Waals surface area contributed by atoms with Gasteiger partial charge in [0.2, 0.25) is 0 Å². The highest BCUT2D eigenvalue weighted by atomic mass is 127. The van der Waals surface area contributed by atoms with Crippen LogP contribution in [0.2, 0.25) is 0 Å². The van der Waals surface area contributed by atoms with E-state index in [9.17, 15) is 9.59 Å². The number of aromatic nitrogens is 1. The topological polar surface area (TPSA) is 68.3 Å². The molecule has 2 atom stereocenters. The van der Waals surface area contributed by atoms with E-state index < -0.39 is 5.54 Å². The monoisotopic (exact) mass is 602 g/mol. The van der Waals surface area contributed by atoms with Crippen molar-refractivity contribution in [1.29, 1.82) is 0 Å². The minimum atomic E-state index is -1.02. The fourth-order valence-corrected chi connectivity index (χ4v) is 5.14. The van der Waals surface area contributed by atoms with Crippen molar-refractivity contribution >= 4 is 69.7 Å². The zero-order chi connectivity index (χ0) is 18.3. The minimum Gasteiger partial charge on any atom is -0.464 e. The van der Waals surface area contributed by atoms with Crippen molar-refractivity contribution in [2.45, 2.75) is 31.7 Å². The molecule has 25 heavy (non-hydrogen) atoms. The average molecular weight is 602 g/mol. The summed E-state index contributed by atoms with van der Waals surface area (Å²) in [7, 11) is 0. The van der Waals surface area contributed by atoms with Crippen molar-refractivity contribution in [3.8, 4) is 11.2 Å². The van der Waals surface area contributed by atoms with Crippen LogP contribution in [0.3, 0.4) is 0 Å². The van der Waals surface area contributed by atoms with E-state index in [1.165, 1.54) is 0 Å². The number of hydrogen-bond donors (Lipinski definition) is 1. The molecule has 134 valence electrons. The molecule has 5 nitrogen and oxygen atoms in total. The normalized spacial score (nSPS) is 22.2. The SMILES string of the molecule is CCOC(=O)C1(NC(=O)c2ccccn2)CCC(C#CSP(I)I)C1. The van der Waals surface area contributed by atoms with Crippen molar-refractivity contribution in [2.75, 3.05) is 6.61 Å². The standard InChI is InChI=1S/C16H17I2N2O3PS/c1-2-23-15(22)16(20-14(21)13-5-3-4-9-19-13)8-6-12(11-16)7-10-25-24(17)18/h3-5,9,12H,2,6,8,11H2,1H3,(H,20,21). The van der Waals surface area contributed by atoms with Crippen LogP contribution in [-0.2, 0) is 9.53 Å². The minimum absolute atomic E-state index is 0.0729. The molecule has 1 saturated carbocycles. The van der Waals surface area contributed by atoms with Crippen molar-refractivity contribution in [3.63, 3.8) is 0 Å². The van der Waals surface area contributed by atoms with Gasteiger partial charge < -0.3 is 10.1 Å². The van der Waals surface area contributed by atoms with Crippen molar-refractivity contribution in [1.82, 2.24) is 10.3 Å². The third-order valence-electron chi connectivity index (χ3n) is 3.81. The molecule has 1 aliphatic carbocycles. The Morgan fingerprint density at radius 3 is 2.96 bits per heavy atom. The van der Waals surface area contributed by atoms with Crippen molar-refractivity contribution in [2.24, 2.45) is 5.92 Å². The molecule has 1 fully saturated rings. The van der Waals surface area contributed by atoms with E-state index in [-0.39, 0.29) is 32.5 Å². The van der Waals surface area contributed by atoms with E-state index in [0.717, 1.165) is 6.42 Å². The Balaban J connectivity index is 2.14. The Morgan fingerprint density at radius 2 is 2.32 bits per heavy atom. The van der Waals surface area contributed by atoms with Gasteiger partial charge in [-0.15, -0.1) is 0 Å². The summed E-state index contributed by atoms with van der Waals surface area (Å²) in [6.45, 7) is 2.04. The first-order valence-electron chi connectivity index (χ1n) is 7.67.